The summed E-state index contributed by atoms with van der Waals surface area (Å²) in [5.74, 6) is -0.179. The summed E-state index contributed by atoms with van der Waals surface area (Å²) in [6.07, 6.45) is 10.6. The van der Waals surface area contributed by atoms with Crippen molar-refractivity contribution < 1.29 is 13.2 Å². The van der Waals surface area contributed by atoms with Crippen LogP contribution in [0.25, 0.3) is 0 Å². The minimum absolute atomic E-state index is 0.0125. The number of benzene rings is 1. The van der Waals surface area contributed by atoms with Gasteiger partial charge in [-0.2, -0.15) is 0 Å². The van der Waals surface area contributed by atoms with Crippen LogP contribution >= 0.6 is 0 Å². The summed E-state index contributed by atoms with van der Waals surface area (Å²) < 4.78 is 28.0. The smallest absolute Gasteiger partial charge is 0.251 e. The number of nitrogens with one attached hydrogen (secondary N) is 2. The van der Waals surface area contributed by atoms with Crippen LogP contribution in [0.4, 0.5) is 0 Å². The highest BCUT2D eigenvalue weighted by atomic mass is 32.2. The second kappa shape index (κ2) is 8.32. The van der Waals surface area contributed by atoms with Crippen LogP contribution in [-0.4, -0.2) is 26.4 Å². The van der Waals surface area contributed by atoms with Gasteiger partial charge in [-0.3, -0.25) is 4.79 Å². The molecule has 0 saturated heterocycles. The molecule has 25 heavy (non-hydrogen) atoms. The van der Waals surface area contributed by atoms with E-state index in [1.165, 1.54) is 18.9 Å². The van der Waals surface area contributed by atoms with Gasteiger partial charge < -0.3 is 5.32 Å². The van der Waals surface area contributed by atoms with E-state index in [0.29, 0.717) is 5.56 Å². The molecule has 0 unspecified atom stereocenters. The monoisotopic (exact) mass is 364 g/mol. The molecule has 0 spiro atoms. The lowest BCUT2D eigenvalue weighted by Crippen LogP contribution is -2.37. The van der Waals surface area contributed by atoms with E-state index in [4.69, 9.17) is 0 Å². The molecule has 6 heteroatoms. The Balaban J connectivity index is 1.68. The molecule has 0 heterocycles. The SMILES string of the molecule is O=C(NC1CCCCC1)c1cccc(S(=O)(=O)NC2CCCCC2)c1. The van der Waals surface area contributed by atoms with Gasteiger partial charge in [0.1, 0.15) is 0 Å². The zero-order valence-electron chi connectivity index (χ0n) is 14.7. The molecule has 2 saturated carbocycles. The van der Waals surface area contributed by atoms with Crippen molar-refractivity contribution in [2.75, 3.05) is 0 Å². The van der Waals surface area contributed by atoms with Gasteiger partial charge in [-0.1, -0.05) is 44.6 Å². The van der Waals surface area contributed by atoms with E-state index in [1.54, 1.807) is 18.2 Å². The van der Waals surface area contributed by atoms with Gasteiger partial charge in [0.15, 0.2) is 0 Å². The number of hydrogen-bond donors (Lipinski definition) is 2. The van der Waals surface area contributed by atoms with E-state index in [-0.39, 0.29) is 22.9 Å². The molecule has 0 aromatic heterocycles. The van der Waals surface area contributed by atoms with Gasteiger partial charge in [-0.25, -0.2) is 13.1 Å². The molecule has 2 N–H and O–H groups in total. The van der Waals surface area contributed by atoms with Crippen LogP contribution in [0.5, 0.6) is 0 Å². The van der Waals surface area contributed by atoms with Crippen LogP contribution in [0.15, 0.2) is 29.2 Å². The summed E-state index contributed by atoms with van der Waals surface area (Å²) in [6, 6.07) is 6.59. The molecule has 5 nitrogen and oxygen atoms in total. The van der Waals surface area contributed by atoms with Crippen LogP contribution in [-0.2, 0) is 10.0 Å². The second-order valence-electron chi connectivity index (χ2n) is 7.29. The highest BCUT2D eigenvalue weighted by molar-refractivity contribution is 7.89. The molecule has 0 bridgehead atoms. The fourth-order valence-corrected chi connectivity index (χ4v) is 5.18. The van der Waals surface area contributed by atoms with Crippen LogP contribution in [0, 0.1) is 0 Å². The van der Waals surface area contributed by atoms with Crippen LogP contribution < -0.4 is 10.0 Å². The van der Waals surface area contributed by atoms with E-state index in [9.17, 15) is 13.2 Å². The summed E-state index contributed by atoms with van der Waals surface area (Å²) in [6.45, 7) is 0. The van der Waals surface area contributed by atoms with Gasteiger partial charge in [0, 0.05) is 17.6 Å². The fraction of sp³-hybridized carbons (Fsp3) is 0.632. The predicted molar refractivity (Wildman–Crippen MR) is 98.0 cm³/mol. The largest absolute Gasteiger partial charge is 0.349 e. The van der Waals surface area contributed by atoms with E-state index in [2.05, 4.69) is 10.0 Å². The Kier molecular flexibility index (Phi) is 6.12. The number of carbonyl (C=O) groups excluding carboxylic acids is 1. The molecule has 0 atom stereocenters. The summed E-state index contributed by atoms with van der Waals surface area (Å²) >= 11 is 0. The van der Waals surface area contributed by atoms with Gasteiger partial charge in [0.25, 0.3) is 5.91 Å². The number of hydrogen-bond acceptors (Lipinski definition) is 3. The summed E-state index contributed by atoms with van der Waals surface area (Å²) in [5, 5.41) is 3.04. The normalized spacial score (nSPS) is 20.3. The molecule has 0 radical (unpaired) electrons. The first-order valence-corrected chi connectivity index (χ1v) is 11.0. The van der Waals surface area contributed by atoms with Gasteiger partial charge in [-0.15, -0.1) is 0 Å². The van der Waals surface area contributed by atoms with Gasteiger partial charge in [-0.05, 0) is 43.9 Å². The molecular weight excluding hydrogens is 336 g/mol. The maximum Gasteiger partial charge on any atom is 0.251 e. The first kappa shape index (κ1) is 18.4. The van der Waals surface area contributed by atoms with Crippen molar-refractivity contribution >= 4 is 15.9 Å². The molecular formula is C19H28N2O3S. The Morgan fingerprint density at radius 2 is 1.48 bits per heavy atom. The quantitative estimate of drug-likeness (QED) is 0.841. The standard InChI is InChI=1S/C19H28N2O3S/c22-19(20-16-9-3-1-4-10-16)15-8-7-13-18(14-15)25(23,24)21-17-11-5-2-6-12-17/h7-8,13-14,16-17,21H,1-6,9-12H2,(H,20,22). The van der Waals surface area contributed by atoms with Crippen molar-refractivity contribution in [1.29, 1.82) is 0 Å². The van der Waals surface area contributed by atoms with Gasteiger partial charge >= 0.3 is 0 Å². The Bertz CT molecular complexity index is 690. The third kappa shape index (κ3) is 5.05. The zero-order valence-corrected chi connectivity index (χ0v) is 15.5. The van der Waals surface area contributed by atoms with Crippen molar-refractivity contribution in [2.45, 2.75) is 81.2 Å². The minimum atomic E-state index is -3.58. The maximum absolute atomic E-state index is 12.6. The van der Waals surface area contributed by atoms with Crippen molar-refractivity contribution in [3.8, 4) is 0 Å². The van der Waals surface area contributed by atoms with Crippen molar-refractivity contribution in [2.24, 2.45) is 0 Å². The summed E-state index contributed by atoms with van der Waals surface area (Å²) in [4.78, 5) is 12.6. The van der Waals surface area contributed by atoms with E-state index in [1.807, 2.05) is 0 Å². The van der Waals surface area contributed by atoms with Crippen LogP contribution in [0.2, 0.25) is 0 Å². The first-order chi connectivity index (χ1) is 12.0. The van der Waals surface area contributed by atoms with E-state index < -0.39 is 10.0 Å². The average molecular weight is 365 g/mol. The zero-order chi connectivity index (χ0) is 17.7. The van der Waals surface area contributed by atoms with Crippen molar-refractivity contribution in [1.82, 2.24) is 10.0 Å². The van der Waals surface area contributed by atoms with Gasteiger partial charge in [0.2, 0.25) is 10.0 Å². The molecule has 2 fully saturated rings. The molecule has 138 valence electrons. The third-order valence-corrected chi connectivity index (χ3v) is 6.79. The number of rotatable bonds is 5. The third-order valence-electron chi connectivity index (χ3n) is 5.27. The highest BCUT2D eigenvalue weighted by Gasteiger charge is 2.23. The number of carbonyl (C=O) groups is 1. The Morgan fingerprint density at radius 1 is 0.880 bits per heavy atom. The molecule has 1 aromatic rings. The molecule has 1 amide bonds. The lowest BCUT2D eigenvalue weighted by molar-refractivity contribution is 0.0927. The molecule has 3 rings (SSSR count). The number of amides is 1. The number of sulfonamides is 1. The van der Waals surface area contributed by atoms with Crippen molar-refractivity contribution in [3.63, 3.8) is 0 Å². The molecule has 0 aliphatic heterocycles. The van der Waals surface area contributed by atoms with Crippen LogP contribution in [0.1, 0.15) is 74.6 Å². The second-order valence-corrected chi connectivity index (χ2v) is 9.01. The van der Waals surface area contributed by atoms with Gasteiger partial charge in [0.05, 0.1) is 4.90 Å². The lowest BCUT2D eigenvalue weighted by atomic mass is 9.95. The Morgan fingerprint density at radius 3 is 2.12 bits per heavy atom. The highest BCUT2D eigenvalue weighted by Crippen LogP contribution is 2.21. The molecule has 1 aromatic carbocycles. The molecule has 2 aliphatic rings. The average Bonchev–Trinajstić information content (AvgIpc) is 2.63. The predicted octanol–water partition coefficient (Wildman–Crippen LogP) is 3.36. The Hall–Kier alpha value is -1.40. The van der Waals surface area contributed by atoms with Crippen molar-refractivity contribution in [3.05, 3.63) is 29.8 Å². The van der Waals surface area contributed by atoms with E-state index in [0.717, 1.165) is 51.4 Å². The lowest BCUT2D eigenvalue weighted by Gasteiger charge is -2.23. The van der Waals surface area contributed by atoms with E-state index >= 15 is 0 Å². The fourth-order valence-electron chi connectivity index (χ4n) is 3.83. The summed E-state index contributed by atoms with van der Waals surface area (Å²) in [7, 11) is -3.58. The first-order valence-electron chi connectivity index (χ1n) is 9.48. The summed E-state index contributed by atoms with van der Waals surface area (Å²) in [5.41, 5.74) is 0.414. The topological polar surface area (TPSA) is 75.3 Å². The minimum Gasteiger partial charge on any atom is -0.349 e. The Labute approximate surface area is 150 Å². The van der Waals surface area contributed by atoms with Crippen LogP contribution in [0.3, 0.4) is 0 Å². The molecule has 2 aliphatic carbocycles. The maximum atomic E-state index is 12.6.